The molecule has 0 amide bonds. The molecule has 0 saturated carbocycles. The monoisotopic (exact) mass is 411 g/mol. The van der Waals surface area contributed by atoms with E-state index in [1.165, 1.54) is 5.56 Å². The lowest BCUT2D eigenvalue weighted by Gasteiger charge is -2.34. The third-order valence-corrected chi connectivity index (χ3v) is 6.32. The largest absolute Gasteiger partial charge is 0.324 e. The van der Waals surface area contributed by atoms with Crippen molar-refractivity contribution in [2.45, 2.75) is 32.1 Å². The fourth-order valence-corrected chi connectivity index (χ4v) is 4.64. The quantitative estimate of drug-likeness (QED) is 0.534. The lowest BCUT2D eigenvalue weighted by molar-refractivity contribution is 0.532. The number of rotatable bonds is 3. The zero-order valence-corrected chi connectivity index (χ0v) is 17.8. The molecule has 31 heavy (non-hydrogen) atoms. The number of halogens is 1. The zero-order chi connectivity index (χ0) is 21.4. The van der Waals surface area contributed by atoms with Gasteiger partial charge in [-0.3, -0.25) is 4.99 Å². The molecule has 2 aliphatic rings. The molecule has 3 nitrogen and oxygen atoms in total. The van der Waals surface area contributed by atoms with Crippen LogP contribution in [0.1, 0.15) is 54.4 Å². The van der Waals surface area contributed by atoms with Crippen molar-refractivity contribution >= 4 is 17.4 Å². The molecule has 1 aliphatic carbocycles. The second-order valence-corrected chi connectivity index (χ2v) is 8.66. The maximum absolute atomic E-state index is 14.6. The molecule has 156 valence electrons. The van der Waals surface area contributed by atoms with Crippen molar-refractivity contribution in [2.75, 3.05) is 11.9 Å². The van der Waals surface area contributed by atoms with Gasteiger partial charge >= 0.3 is 0 Å². The van der Waals surface area contributed by atoms with Crippen LogP contribution < -0.4 is 5.32 Å². The van der Waals surface area contributed by atoms with Crippen molar-refractivity contribution in [2.24, 2.45) is 15.9 Å². The molecule has 1 heterocycles. The molecule has 0 aromatic heterocycles. The molecule has 2 unspecified atom stereocenters. The Kier molecular flexibility index (Phi) is 5.14. The van der Waals surface area contributed by atoms with Gasteiger partial charge < -0.3 is 5.32 Å². The van der Waals surface area contributed by atoms with Crippen LogP contribution in [0.15, 0.2) is 82.8 Å². The minimum absolute atomic E-state index is 0.0228. The molecule has 0 radical (unpaired) electrons. The summed E-state index contributed by atoms with van der Waals surface area (Å²) < 4.78 is 14.6. The average Bonchev–Trinajstić information content (AvgIpc) is 2.79. The highest BCUT2D eigenvalue weighted by atomic mass is 19.1. The van der Waals surface area contributed by atoms with E-state index in [4.69, 9.17) is 9.98 Å². The molecule has 1 N–H and O–H groups in total. The molecular formula is C27H26FN3. The molecule has 3 aromatic rings. The number of benzene rings is 3. The van der Waals surface area contributed by atoms with Crippen LogP contribution >= 0.6 is 0 Å². The van der Waals surface area contributed by atoms with Crippen LogP contribution in [0.4, 0.5) is 10.1 Å². The van der Waals surface area contributed by atoms with Crippen LogP contribution in [0.25, 0.3) is 0 Å². The summed E-state index contributed by atoms with van der Waals surface area (Å²) in [6, 6.07) is 23.8. The van der Waals surface area contributed by atoms with Crippen LogP contribution in [-0.4, -0.2) is 18.2 Å². The van der Waals surface area contributed by atoms with Crippen LogP contribution in [0.2, 0.25) is 0 Å². The normalized spacial score (nSPS) is 19.9. The van der Waals surface area contributed by atoms with E-state index in [0.29, 0.717) is 18.4 Å². The van der Waals surface area contributed by atoms with Crippen molar-refractivity contribution in [3.8, 4) is 0 Å². The maximum atomic E-state index is 14.6. The maximum Gasteiger partial charge on any atom is 0.222 e. The minimum atomic E-state index is -0.144. The second kappa shape index (κ2) is 8.10. The Balaban J connectivity index is 1.46. The molecule has 3 aromatic carbocycles. The first-order valence-corrected chi connectivity index (χ1v) is 10.9. The third-order valence-electron chi connectivity index (χ3n) is 6.32. The van der Waals surface area contributed by atoms with Gasteiger partial charge in [-0.15, -0.1) is 0 Å². The standard InChI is InChI=1S/C27H26FN3/c1-17(2)18-11-13-20(14-12-18)30-27-29-16-19-15-24(22-8-5-6-10-25(22)28)21-7-3-4-9-23(21)26(19)31-27/h3-14,17,19,24H,15-16H2,1-2H3,(H,29,30). The van der Waals surface area contributed by atoms with Gasteiger partial charge in [0, 0.05) is 23.1 Å². The van der Waals surface area contributed by atoms with Crippen molar-refractivity contribution < 1.29 is 4.39 Å². The number of fused-ring (bicyclic) bond motifs is 3. The number of hydrogen-bond donors (Lipinski definition) is 1. The van der Waals surface area contributed by atoms with Crippen molar-refractivity contribution in [3.05, 3.63) is 101 Å². The van der Waals surface area contributed by atoms with E-state index in [9.17, 15) is 4.39 Å². The first-order chi connectivity index (χ1) is 15.1. The molecule has 1 aliphatic heterocycles. The van der Waals surface area contributed by atoms with Crippen molar-refractivity contribution in [3.63, 3.8) is 0 Å². The highest BCUT2D eigenvalue weighted by molar-refractivity contribution is 6.14. The number of aliphatic imine (C=N–C) groups is 2. The smallest absolute Gasteiger partial charge is 0.222 e. The summed E-state index contributed by atoms with van der Waals surface area (Å²) >= 11 is 0. The van der Waals surface area contributed by atoms with Gasteiger partial charge in [-0.2, -0.15) is 0 Å². The fourth-order valence-electron chi connectivity index (χ4n) is 4.64. The number of nitrogens with zero attached hydrogens (tertiary/aromatic N) is 2. The van der Waals surface area contributed by atoms with Crippen molar-refractivity contribution in [1.29, 1.82) is 0 Å². The Morgan fingerprint density at radius 2 is 1.61 bits per heavy atom. The number of hydrogen-bond acceptors (Lipinski definition) is 3. The summed E-state index contributed by atoms with van der Waals surface area (Å²) in [6.45, 7) is 5.04. The van der Waals surface area contributed by atoms with Gasteiger partial charge in [0.2, 0.25) is 5.96 Å². The molecule has 4 heteroatoms. The third kappa shape index (κ3) is 3.78. The lowest BCUT2D eigenvalue weighted by atomic mass is 9.72. The van der Waals surface area contributed by atoms with Crippen LogP contribution in [0, 0.1) is 11.7 Å². The Morgan fingerprint density at radius 3 is 2.35 bits per heavy atom. The molecule has 5 rings (SSSR count). The van der Waals surface area contributed by atoms with E-state index in [1.807, 2.05) is 24.3 Å². The average molecular weight is 412 g/mol. The Labute approximate surface area is 182 Å². The number of anilines is 1. The van der Waals surface area contributed by atoms with Gasteiger partial charge in [-0.05, 0) is 47.2 Å². The summed E-state index contributed by atoms with van der Waals surface area (Å²) in [4.78, 5) is 9.62. The van der Waals surface area contributed by atoms with E-state index in [2.05, 4.69) is 55.6 Å². The summed E-state index contributed by atoms with van der Waals surface area (Å²) in [5, 5.41) is 3.37. The van der Waals surface area contributed by atoms with Crippen molar-refractivity contribution in [1.82, 2.24) is 0 Å². The van der Waals surface area contributed by atoms with Gasteiger partial charge in [0.15, 0.2) is 0 Å². The minimum Gasteiger partial charge on any atom is -0.324 e. The predicted molar refractivity (Wildman–Crippen MR) is 126 cm³/mol. The molecular weight excluding hydrogens is 385 g/mol. The highest BCUT2D eigenvalue weighted by Crippen LogP contribution is 2.41. The Bertz CT molecular complexity index is 1160. The molecule has 0 saturated heterocycles. The second-order valence-electron chi connectivity index (χ2n) is 8.66. The van der Waals surface area contributed by atoms with Gasteiger partial charge in [-0.1, -0.05) is 68.4 Å². The summed E-state index contributed by atoms with van der Waals surface area (Å²) in [6.07, 6.45) is 0.816. The first kappa shape index (κ1) is 19.7. The summed E-state index contributed by atoms with van der Waals surface area (Å²) in [5.41, 5.74) is 6.36. The Hall–Kier alpha value is -3.27. The van der Waals surface area contributed by atoms with Crippen LogP contribution in [-0.2, 0) is 0 Å². The number of nitrogens with one attached hydrogen (secondary N) is 1. The van der Waals surface area contributed by atoms with Gasteiger partial charge in [0.25, 0.3) is 0 Å². The van der Waals surface area contributed by atoms with Gasteiger partial charge in [-0.25, -0.2) is 9.38 Å². The molecule has 2 atom stereocenters. The van der Waals surface area contributed by atoms with E-state index < -0.39 is 0 Å². The molecule has 0 fully saturated rings. The van der Waals surface area contributed by atoms with Crippen LogP contribution in [0.5, 0.6) is 0 Å². The Morgan fingerprint density at radius 1 is 0.903 bits per heavy atom. The summed E-state index contributed by atoms with van der Waals surface area (Å²) in [7, 11) is 0. The van der Waals surface area contributed by atoms with Gasteiger partial charge in [0.05, 0.1) is 12.3 Å². The topological polar surface area (TPSA) is 36.8 Å². The van der Waals surface area contributed by atoms with Gasteiger partial charge in [0.1, 0.15) is 5.82 Å². The lowest BCUT2D eigenvalue weighted by Crippen LogP contribution is -2.34. The van der Waals surface area contributed by atoms with E-state index >= 15 is 0 Å². The fraction of sp³-hybridized carbons (Fsp3) is 0.259. The molecule has 0 spiro atoms. The van der Waals surface area contributed by atoms with E-state index in [-0.39, 0.29) is 17.7 Å². The highest BCUT2D eigenvalue weighted by Gasteiger charge is 2.35. The predicted octanol–water partition coefficient (Wildman–Crippen LogP) is 6.37. The SMILES string of the molecule is CC(C)c1ccc(NC2=NCC3CC(c4ccccc4F)c4ccccc4C3=N2)cc1. The summed E-state index contributed by atoms with van der Waals surface area (Å²) in [5.74, 6) is 1.21. The van der Waals surface area contributed by atoms with E-state index in [1.54, 1.807) is 12.1 Å². The van der Waals surface area contributed by atoms with E-state index in [0.717, 1.165) is 34.5 Å². The first-order valence-electron chi connectivity index (χ1n) is 10.9. The zero-order valence-electron chi connectivity index (χ0n) is 17.8. The number of guanidine groups is 1. The van der Waals surface area contributed by atoms with Crippen LogP contribution in [0.3, 0.4) is 0 Å². The molecule has 0 bridgehead atoms.